The zero-order chi connectivity index (χ0) is 19.7. The van der Waals surface area contributed by atoms with Crippen LogP contribution in [0, 0.1) is 17.7 Å². The number of carbonyl (C=O) groups excluding carboxylic acids is 2. The van der Waals surface area contributed by atoms with Crippen molar-refractivity contribution >= 4 is 17.6 Å². The van der Waals surface area contributed by atoms with Crippen molar-refractivity contribution in [1.82, 2.24) is 10.5 Å². The van der Waals surface area contributed by atoms with E-state index in [1.54, 1.807) is 23.7 Å². The van der Waals surface area contributed by atoms with Gasteiger partial charge >= 0.3 is 0 Å². The molecule has 0 bridgehead atoms. The summed E-state index contributed by atoms with van der Waals surface area (Å²) < 4.78 is 20.3. The van der Waals surface area contributed by atoms with Crippen molar-refractivity contribution in [2.24, 2.45) is 11.8 Å². The average Bonchev–Trinajstić information content (AvgIpc) is 3.53. The van der Waals surface area contributed by atoms with Crippen molar-refractivity contribution in [3.63, 3.8) is 0 Å². The Hall–Kier alpha value is -3.00. The molecule has 2 aromatic rings. The molecule has 2 amide bonds. The van der Waals surface area contributed by atoms with E-state index in [1.165, 1.54) is 12.3 Å². The van der Waals surface area contributed by atoms with E-state index in [2.05, 4.69) is 10.3 Å². The zero-order valence-corrected chi connectivity index (χ0v) is 15.1. The molecule has 1 unspecified atom stereocenters. The van der Waals surface area contributed by atoms with Gasteiger partial charge in [-0.2, -0.15) is 0 Å². The number of rotatable bonds is 5. The van der Waals surface area contributed by atoms with Crippen LogP contribution in [0.15, 0.2) is 30.5 Å². The summed E-state index contributed by atoms with van der Waals surface area (Å²) in [6, 6.07) is 6.26. The summed E-state index contributed by atoms with van der Waals surface area (Å²) in [6.07, 6.45) is 4.59. The number of hydroxylamine groups is 1. The third-order valence-electron chi connectivity index (χ3n) is 5.12. The average molecular weight is 385 g/mol. The van der Waals surface area contributed by atoms with Gasteiger partial charge in [-0.3, -0.25) is 14.8 Å². The van der Waals surface area contributed by atoms with Crippen LogP contribution in [0.1, 0.15) is 30.4 Å². The predicted molar refractivity (Wildman–Crippen MR) is 97.5 cm³/mol. The number of fused-ring (bicyclic) bond motifs is 1. The molecule has 1 fully saturated rings. The van der Waals surface area contributed by atoms with Gasteiger partial charge < -0.3 is 10.1 Å². The number of ether oxygens (including phenoxy) is 1. The number of anilines is 1. The Morgan fingerprint density at radius 2 is 1.93 bits per heavy atom. The molecule has 3 N–H and O–H groups in total. The zero-order valence-electron chi connectivity index (χ0n) is 15.1. The second-order valence-corrected chi connectivity index (χ2v) is 7.20. The Morgan fingerprint density at radius 1 is 1.11 bits per heavy atom. The van der Waals surface area contributed by atoms with Crippen LogP contribution < -0.4 is 15.5 Å². The first-order valence-corrected chi connectivity index (χ1v) is 9.23. The van der Waals surface area contributed by atoms with Crippen LogP contribution in [0.2, 0.25) is 0 Å². The fourth-order valence-corrected chi connectivity index (χ4v) is 3.42. The Labute approximate surface area is 160 Å². The van der Waals surface area contributed by atoms with E-state index in [-0.39, 0.29) is 18.2 Å². The van der Waals surface area contributed by atoms with Gasteiger partial charge in [0.15, 0.2) is 0 Å². The number of nitrogens with one attached hydrogen (secondary N) is 2. The van der Waals surface area contributed by atoms with Gasteiger partial charge in [-0.05, 0) is 55.4 Å². The first-order chi connectivity index (χ1) is 13.5. The van der Waals surface area contributed by atoms with Gasteiger partial charge in [0, 0.05) is 30.2 Å². The quantitative estimate of drug-likeness (QED) is 0.543. The number of carbonyl (C=O) groups is 2. The van der Waals surface area contributed by atoms with Crippen molar-refractivity contribution in [3.05, 3.63) is 47.4 Å². The molecule has 1 heterocycles. The number of hydrogen-bond acceptors (Lipinski definition) is 5. The molecule has 146 valence electrons. The topological polar surface area (TPSA) is 101 Å². The summed E-state index contributed by atoms with van der Waals surface area (Å²) in [5, 5.41) is 11.5. The Kier molecular flexibility index (Phi) is 4.95. The number of benzene rings is 1. The predicted octanol–water partition coefficient (Wildman–Crippen LogP) is 2.97. The molecule has 0 spiro atoms. The lowest BCUT2D eigenvalue weighted by Crippen LogP contribution is -2.32. The van der Waals surface area contributed by atoms with Crippen molar-refractivity contribution < 1.29 is 23.9 Å². The minimum Gasteiger partial charge on any atom is -0.457 e. The fourth-order valence-electron chi connectivity index (χ4n) is 3.42. The monoisotopic (exact) mass is 385 g/mol. The number of amides is 2. The van der Waals surface area contributed by atoms with Gasteiger partial charge in [0.2, 0.25) is 11.8 Å². The van der Waals surface area contributed by atoms with Crippen LogP contribution in [0.5, 0.6) is 11.5 Å². The van der Waals surface area contributed by atoms with Crippen LogP contribution in [0.4, 0.5) is 10.2 Å². The van der Waals surface area contributed by atoms with Crippen molar-refractivity contribution in [2.75, 3.05) is 5.32 Å². The molecule has 1 aromatic carbocycles. The molecule has 0 saturated heterocycles. The third kappa shape index (κ3) is 3.96. The molecule has 0 radical (unpaired) electrons. The molecule has 7 nitrogen and oxygen atoms in total. The van der Waals surface area contributed by atoms with Crippen molar-refractivity contribution in [1.29, 1.82) is 0 Å². The summed E-state index contributed by atoms with van der Waals surface area (Å²) in [5.74, 6) is -0.200. The molecular formula is C20H20FN3O4. The second kappa shape index (κ2) is 7.55. The summed E-state index contributed by atoms with van der Waals surface area (Å²) in [4.78, 5) is 27.6. The van der Waals surface area contributed by atoms with Crippen LogP contribution in [0.3, 0.4) is 0 Å². The first kappa shape index (κ1) is 18.4. The van der Waals surface area contributed by atoms with Gasteiger partial charge in [-0.25, -0.2) is 14.9 Å². The molecule has 1 atom stereocenters. The van der Waals surface area contributed by atoms with E-state index in [9.17, 15) is 14.0 Å². The maximum absolute atomic E-state index is 14.6. The minimum atomic E-state index is -0.497. The number of nitrogens with zero attached hydrogens (tertiary/aromatic N) is 1. The number of pyridine rings is 1. The highest BCUT2D eigenvalue weighted by atomic mass is 19.1. The maximum atomic E-state index is 14.6. The second-order valence-electron chi connectivity index (χ2n) is 7.20. The smallest absolute Gasteiger partial charge is 0.246 e. The van der Waals surface area contributed by atoms with Crippen molar-refractivity contribution in [3.8, 4) is 11.5 Å². The standard InChI is InChI=1S/C20H20FN3O4/c21-17-9-15(7-12-3-4-13(8-16(12)17)20(26)24-27)28-14-5-6-22-18(10-14)23-19(25)11-1-2-11/h5-7,9-11,13,27H,1-4,8H2,(H,24,26)(H,22,23,25). The van der Waals surface area contributed by atoms with E-state index in [0.29, 0.717) is 35.7 Å². The molecule has 1 saturated carbocycles. The molecule has 8 heteroatoms. The molecule has 28 heavy (non-hydrogen) atoms. The van der Waals surface area contributed by atoms with Gasteiger partial charge in [0.1, 0.15) is 23.1 Å². The lowest BCUT2D eigenvalue weighted by atomic mass is 9.83. The van der Waals surface area contributed by atoms with Gasteiger partial charge in [0.25, 0.3) is 0 Å². The highest BCUT2D eigenvalue weighted by Crippen LogP contribution is 2.34. The van der Waals surface area contributed by atoms with Crippen molar-refractivity contribution in [2.45, 2.75) is 32.1 Å². The van der Waals surface area contributed by atoms with Crippen LogP contribution in [-0.4, -0.2) is 22.0 Å². The SMILES string of the molecule is O=C(NO)C1CCc2cc(Oc3ccnc(NC(=O)C4CC4)c3)cc(F)c2C1. The van der Waals surface area contributed by atoms with E-state index < -0.39 is 17.6 Å². The lowest BCUT2D eigenvalue weighted by molar-refractivity contribution is -0.133. The summed E-state index contributed by atoms with van der Waals surface area (Å²) in [7, 11) is 0. The number of hydrogen-bond donors (Lipinski definition) is 3. The lowest BCUT2D eigenvalue weighted by Gasteiger charge is -2.24. The largest absolute Gasteiger partial charge is 0.457 e. The fraction of sp³-hybridized carbons (Fsp3) is 0.350. The van der Waals surface area contributed by atoms with E-state index >= 15 is 0 Å². The Morgan fingerprint density at radius 3 is 2.68 bits per heavy atom. The van der Waals surface area contributed by atoms with Crippen LogP contribution >= 0.6 is 0 Å². The summed E-state index contributed by atoms with van der Waals surface area (Å²) in [6.45, 7) is 0. The maximum Gasteiger partial charge on any atom is 0.246 e. The van der Waals surface area contributed by atoms with Gasteiger partial charge in [0.05, 0.1) is 0 Å². The Balaban J connectivity index is 1.49. The first-order valence-electron chi connectivity index (χ1n) is 9.23. The van der Waals surface area contributed by atoms with Gasteiger partial charge in [-0.15, -0.1) is 0 Å². The number of aryl methyl sites for hydroxylation is 1. The van der Waals surface area contributed by atoms with E-state index in [4.69, 9.17) is 9.94 Å². The van der Waals surface area contributed by atoms with Crippen LogP contribution in [-0.2, 0) is 22.4 Å². The van der Waals surface area contributed by atoms with Gasteiger partial charge in [-0.1, -0.05) is 0 Å². The molecule has 2 aliphatic carbocycles. The number of halogens is 1. The summed E-state index contributed by atoms with van der Waals surface area (Å²) in [5.41, 5.74) is 2.89. The van der Waals surface area contributed by atoms with Crippen LogP contribution in [0.25, 0.3) is 0 Å². The summed E-state index contributed by atoms with van der Waals surface area (Å²) >= 11 is 0. The molecule has 4 rings (SSSR count). The molecule has 2 aliphatic rings. The minimum absolute atomic E-state index is 0.0501. The number of aromatic nitrogens is 1. The normalized spacial score (nSPS) is 18.1. The third-order valence-corrected chi connectivity index (χ3v) is 5.12. The highest BCUT2D eigenvalue weighted by molar-refractivity contribution is 5.93. The highest BCUT2D eigenvalue weighted by Gasteiger charge is 2.30. The van der Waals surface area contributed by atoms with E-state index in [0.717, 1.165) is 18.4 Å². The molecular weight excluding hydrogens is 365 g/mol. The molecule has 0 aliphatic heterocycles. The van der Waals surface area contributed by atoms with E-state index in [1.807, 2.05) is 0 Å². The Bertz CT molecular complexity index is 930. The molecule has 1 aromatic heterocycles.